The van der Waals surface area contributed by atoms with Crippen LogP contribution in [0.1, 0.15) is 46.5 Å². The fourth-order valence-corrected chi connectivity index (χ4v) is 1.87. The number of nitrogens with zero attached hydrogens (tertiary/aromatic N) is 1. The molecule has 106 valence electrons. The summed E-state index contributed by atoms with van der Waals surface area (Å²) in [6.07, 6.45) is 7.70. The monoisotopic (exact) mass is 271 g/mol. The standard InChI is InChI=1S/C14H29N3S/c1-5-15-13(17-11-14(2,3)18-4)16-10-6-7-12-8-9-12/h12H,5-11H2,1-4H3,(H2,15,16,17). The molecule has 0 aromatic rings. The van der Waals surface area contributed by atoms with Crippen LogP contribution in [0.25, 0.3) is 0 Å². The molecule has 0 spiro atoms. The summed E-state index contributed by atoms with van der Waals surface area (Å²) in [7, 11) is 0. The van der Waals surface area contributed by atoms with Crippen molar-refractivity contribution in [2.45, 2.75) is 51.2 Å². The molecule has 4 heteroatoms. The third-order valence-electron chi connectivity index (χ3n) is 3.29. The van der Waals surface area contributed by atoms with Crippen LogP contribution in [0.3, 0.4) is 0 Å². The zero-order valence-corrected chi connectivity index (χ0v) is 13.2. The molecule has 0 bridgehead atoms. The zero-order valence-electron chi connectivity index (χ0n) is 12.4. The Hall–Kier alpha value is -0.380. The van der Waals surface area contributed by atoms with Crippen LogP contribution in [-0.4, -0.2) is 36.6 Å². The second-order valence-electron chi connectivity index (χ2n) is 5.67. The molecule has 0 aromatic carbocycles. The number of thioether (sulfide) groups is 1. The minimum absolute atomic E-state index is 0.219. The van der Waals surface area contributed by atoms with Gasteiger partial charge in [0.1, 0.15) is 0 Å². The van der Waals surface area contributed by atoms with Crippen LogP contribution in [0.5, 0.6) is 0 Å². The van der Waals surface area contributed by atoms with Crippen molar-refractivity contribution in [3.63, 3.8) is 0 Å². The van der Waals surface area contributed by atoms with Crippen molar-refractivity contribution in [1.82, 2.24) is 10.6 Å². The van der Waals surface area contributed by atoms with Crippen molar-refractivity contribution in [3.8, 4) is 0 Å². The van der Waals surface area contributed by atoms with Gasteiger partial charge in [-0.25, -0.2) is 0 Å². The molecular formula is C14H29N3S. The largest absolute Gasteiger partial charge is 0.357 e. The first-order valence-corrected chi connectivity index (χ1v) is 8.37. The van der Waals surface area contributed by atoms with Gasteiger partial charge in [-0.2, -0.15) is 11.8 Å². The normalized spacial score (nSPS) is 16.8. The van der Waals surface area contributed by atoms with E-state index in [9.17, 15) is 0 Å². The molecule has 1 saturated carbocycles. The van der Waals surface area contributed by atoms with Gasteiger partial charge in [-0.1, -0.05) is 12.8 Å². The van der Waals surface area contributed by atoms with Gasteiger partial charge in [0.2, 0.25) is 0 Å². The smallest absolute Gasteiger partial charge is 0.191 e. The van der Waals surface area contributed by atoms with E-state index in [1.54, 1.807) is 0 Å². The first-order chi connectivity index (χ1) is 8.57. The topological polar surface area (TPSA) is 36.4 Å². The lowest BCUT2D eigenvalue weighted by Crippen LogP contribution is -2.38. The third-order valence-corrected chi connectivity index (χ3v) is 4.53. The van der Waals surface area contributed by atoms with Gasteiger partial charge in [-0.05, 0) is 45.8 Å². The van der Waals surface area contributed by atoms with Crippen LogP contribution in [-0.2, 0) is 0 Å². The van der Waals surface area contributed by atoms with Crippen molar-refractivity contribution < 1.29 is 0 Å². The predicted octanol–water partition coefficient (Wildman–Crippen LogP) is 2.87. The summed E-state index contributed by atoms with van der Waals surface area (Å²) in [4.78, 5) is 4.66. The van der Waals surface area contributed by atoms with Crippen molar-refractivity contribution in [1.29, 1.82) is 0 Å². The minimum Gasteiger partial charge on any atom is -0.357 e. The fourth-order valence-electron chi connectivity index (χ4n) is 1.68. The molecule has 0 aromatic heterocycles. The first kappa shape index (κ1) is 15.7. The molecule has 0 aliphatic heterocycles. The molecule has 0 saturated heterocycles. The van der Waals surface area contributed by atoms with Gasteiger partial charge in [-0.3, -0.25) is 4.99 Å². The summed E-state index contributed by atoms with van der Waals surface area (Å²) in [6.45, 7) is 9.40. The number of nitrogens with one attached hydrogen (secondary N) is 2. The van der Waals surface area contributed by atoms with Gasteiger partial charge >= 0.3 is 0 Å². The number of hydrogen-bond acceptors (Lipinski definition) is 2. The molecule has 2 N–H and O–H groups in total. The summed E-state index contributed by atoms with van der Waals surface area (Å²) < 4.78 is 0.219. The molecule has 3 nitrogen and oxygen atoms in total. The Bertz CT molecular complexity index is 260. The van der Waals surface area contributed by atoms with Crippen molar-refractivity contribution >= 4 is 17.7 Å². The average molecular weight is 271 g/mol. The predicted molar refractivity (Wildman–Crippen MR) is 83.5 cm³/mol. The highest BCUT2D eigenvalue weighted by atomic mass is 32.2. The summed E-state index contributed by atoms with van der Waals surface area (Å²) >= 11 is 1.87. The third kappa shape index (κ3) is 7.14. The SMILES string of the molecule is CCNC(=NCC(C)(C)SC)NCCCC1CC1. The van der Waals surface area contributed by atoms with E-state index in [1.165, 1.54) is 25.7 Å². The van der Waals surface area contributed by atoms with Crippen LogP contribution >= 0.6 is 11.8 Å². The quantitative estimate of drug-likeness (QED) is 0.405. The number of hydrogen-bond donors (Lipinski definition) is 2. The first-order valence-electron chi connectivity index (χ1n) is 7.14. The Morgan fingerprint density at radius 3 is 2.61 bits per heavy atom. The van der Waals surface area contributed by atoms with Gasteiger partial charge in [0.25, 0.3) is 0 Å². The Labute approximate surface area is 117 Å². The zero-order chi connectivity index (χ0) is 13.4. The highest BCUT2D eigenvalue weighted by Gasteiger charge is 2.20. The maximum absolute atomic E-state index is 4.66. The highest BCUT2D eigenvalue weighted by Crippen LogP contribution is 2.33. The van der Waals surface area contributed by atoms with Crippen molar-refractivity contribution in [3.05, 3.63) is 0 Å². The fraction of sp³-hybridized carbons (Fsp3) is 0.929. The van der Waals surface area contributed by atoms with E-state index in [0.717, 1.165) is 31.5 Å². The second kappa shape index (κ2) is 7.93. The Morgan fingerprint density at radius 1 is 1.33 bits per heavy atom. The van der Waals surface area contributed by atoms with E-state index in [-0.39, 0.29) is 4.75 Å². The van der Waals surface area contributed by atoms with Gasteiger partial charge in [0.05, 0.1) is 6.54 Å². The molecular weight excluding hydrogens is 242 g/mol. The molecule has 0 unspecified atom stereocenters. The Morgan fingerprint density at radius 2 is 2.06 bits per heavy atom. The summed E-state index contributed by atoms with van der Waals surface area (Å²) in [6, 6.07) is 0. The molecule has 1 aliphatic rings. The highest BCUT2D eigenvalue weighted by molar-refractivity contribution is 7.99. The number of guanidine groups is 1. The molecule has 0 atom stereocenters. The lowest BCUT2D eigenvalue weighted by molar-refractivity contribution is 0.642. The summed E-state index contributed by atoms with van der Waals surface area (Å²) in [5.41, 5.74) is 0. The molecule has 1 fully saturated rings. The Kier molecular flexibility index (Phi) is 6.90. The number of rotatable bonds is 8. The van der Waals surface area contributed by atoms with E-state index in [2.05, 4.69) is 42.7 Å². The molecule has 18 heavy (non-hydrogen) atoms. The summed E-state index contributed by atoms with van der Waals surface area (Å²) in [5.74, 6) is 2.00. The average Bonchev–Trinajstić information content (AvgIpc) is 3.15. The van der Waals surface area contributed by atoms with Gasteiger partial charge < -0.3 is 10.6 Å². The van der Waals surface area contributed by atoms with Crippen LogP contribution in [0, 0.1) is 5.92 Å². The van der Waals surface area contributed by atoms with E-state index in [0.29, 0.717) is 0 Å². The van der Waals surface area contributed by atoms with Crippen LogP contribution in [0.4, 0.5) is 0 Å². The molecule has 1 aliphatic carbocycles. The van der Waals surface area contributed by atoms with Gasteiger partial charge in [0.15, 0.2) is 5.96 Å². The lowest BCUT2D eigenvalue weighted by Gasteiger charge is -2.20. The van der Waals surface area contributed by atoms with Crippen LogP contribution in [0.15, 0.2) is 4.99 Å². The molecule has 0 radical (unpaired) electrons. The van der Waals surface area contributed by atoms with E-state index < -0.39 is 0 Å². The Balaban J connectivity index is 2.25. The second-order valence-corrected chi connectivity index (χ2v) is 7.18. The molecule has 0 heterocycles. The van der Waals surface area contributed by atoms with E-state index >= 15 is 0 Å². The number of aliphatic imine (C=N–C) groups is 1. The van der Waals surface area contributed by atoms with Crippen LogP contribution < -0.4 is 10.6 Å². The lowest BCUT2D eigenvalue weighted by atomic mass is 10.2. The molecule has 0 amide bonds. The van der Waals surface area contributed by atoms with E-state index in [4.69, 9.17) is 0 Å². The minimum atomic E-state index is 0.219. The maximum atomic E-state index is 4.66. The molecule has 1 rings (SSSR count). The van der Waals surface area contributed by atoms with Crippen molar-refractivity contribution in [2.75, 3.05) is 25.9 Å². The van der Waals surface area contributed by atoms with Gasteiger partial charge in [-0.15, -0.1) is 0 Å². The summed E-state index contributed by atoms with van der Waals surface area (Å²) in [5, 5.41) is 6.74. The van der Waals surface area contributed by atoms with E-state index in [1.807, 2.05) is 11.8 Å². The maximum Gasteiger partial charge on any atom is 0.191 e. The van der Waals surface area contributed by atoms with Crippen LogP contribution in [0.2, 0.25) is 0 Å². The van der Waals surface area contributed by atoms with Gasteiger partial charge in [0, 0.05) is 17.8 Å². The van der Waals surface area contributed by atoms with Crippen molar-refractivity contribution in [2.24, 2.45) is 10.9 Å².